The Hall–Kier alpha value is -2.49. The molecule has 3 rings (SSSR count). The summed E-state index contributed by atoms with van der Waals surface area (Å²) >= 11 is 1.60. The van der Waals surface area contributed by atoms with Crippen LogP contribution in [0.3, 0.4) is 0 Å². The van der Waals surface area contributed by atoms with Gasteiger partial charge in [0.25, 0.3) is 0 Å². The molecule has 0 radical (unpaired) electrons. The van der Waals surface area contributed by atoms with E-state index in [9.17, 15) is 14.4 Å². The molecule has 204 valence electrons. The molecule has 1 fully saturated rings. The van der Waals surface area contributed by atoms with Gasteiger partial charge < -0.3 is 15.4 Å². The second kappa shape index (κ2) is 13.9. The maximum Gasteiger partial charge on any atom is 0.246 e. The lowest BCUT2D eigenvalue weighted by atomic mass is 9.84. The first-order chi connectivity index (χ1) is 17.7. The molecule has 2 N–H and O–H groups in total. The van der Waals surface area contributed by atoms with Gasteiger partial charge in [-0.15, -0.1) is 11.3 Å². The van der Waals surface area contributed by atoms with Crippen LogP contribution in [-0.2, 0) is 30.4 Å². The van der Waals surface area contributed by atoms with Crippen molar-refractivity contribution in [3.8, 4) is 0 Å². The number of nitrogens with zero attached hydrogens (tertiary/aromatic N) is 1. The summed E-state index contributed by atoms with van der Waals surface area (Å²) in [5, 5.41) is 10.0. The minimum Gasteiger partial charge on any atom is -0.383 e. The highest BCUT2D eigenvalue weighted by atomic mass is 32.1. The zero-order chi connectivity index (χ0) is 26.8. The number of methoxy groups -OCH3 is 1. The molecule has 37 heavy (non-hydrogen) atoms. The van der Waals surface area contributed by atoms with E-state index in [4.69, 9.17) is 9.57 Å². The molecular weight excluding hydrogens is 490 g/mol. The number of hydrogen-bond donors (Lipinski definition) is 2. The first-order valence-corrected chi connectivity index (χ1v) is 14.0. The van der Waals surface area contributed by atoms with Crippen molar-refractivity contribution in [2.75, 3.05) is 20.3 Å². The number of thiophene rings is 1. The van der Waals surface area contributed by atoms with Gasteiger partial charge in [-0.1, -0.05) is 50.3 Å². The Balaban J connectivity index is 1.85. The maximum atomic E-state index is 13.8. The van der Waals surface area contributed by atoms with Crippen molar-refractivity contribution < 1.29 is 24.0 Å². The van der Waals surface area contributed by atoms with Gasteiger partial charge in [-0.2, -0.15) is 0 Å². The average molecular weight is 532 g/mol. The van der Waals surface area contributed by atoms with Gasteiger partial charge in [0, 0.05) is 24.8 Å². The molecule has 1 aliphatic rings. The molecule has 0 spiro atoms. The number of ether oxygens (including phenoxy) is 1. The molecule has 0 saturated heterocycles. The molecule has 2 atom stereocenters. The fourth-order valence-electron chi connectivity index (χ4n) is 4.83. The molecule has 1 heterocycles. The number of hydroxylamine groups is 2. The molecule has 0 bridgehead atoms. The summed E-state index contributed by atoms with van der Waals surface area (Å²) in [6, 6.07) is 6.35. The summed E-state index contributed by atoms with van der Waals surface area (Å²) in [6.45, 7) is 6.24. The van der Waals surface area contributed by atoms with Gasteiger partial charge in [0.05, 0.1) is 12.2 Å². The summed E-state index contributed by atoms with van der Waals surface area (Å²) in [5.74, 6) is -0.265. The molecule has 0 unspecified atom stereocenters. The number of carbonyl (C=O) groups excluding carboxylic acids is 3. The number of nitrogens with one attached hydrogen (secondary N) is 2. The second-order valence-electron chi connectivity index (χ2n) is 10.7. The Labute approximate surface area is 224 Å². The highest BCUT2D eigenvalue weighted by Gasteiger charge is 2.34. The quantitative estimate of drug-likeness (QED) is 0.229. The number of rotatable bonds is 13. The van der Waals surface area contributed by atoms with Crippen LogP contribution < -0.4 is 10.6 Å². The molecule has 8 nitrogen and oxygen atoms in total. The normalized spacial score (nSPS) is 16.2. The van der Waals surface area contributed by atoms with Crippen molar-refractivity contribution in [1.29, 1.82) is 0 Å². The molecule has 2 aromatic rings. The van der Waals surface area contributed by atoms with Crippen LogP contribution in [0.2, 0.25) is 0 Å². The van der Waals surface area contributed by atoms with E-state index in [1.165, 1.54) is 6.42 Å². The van der Waals surface area contributed by atoms with Gasteiger partial charge in [0.2, 0.25) is 18.2 Å². The Morgan fingerprint density at radius 3 is 2.57 bits per heavy atom. The zero-order valence-electron chi connectivity index (χ0n) is 22.5. The Morgan fingerprint density at radius 2 is 1.89 bits per heavy atom. The van der Waals surface area contributed by atoms with E-state index in [0.717, 1.165) is 46.4 Å². The molecule has 1 saturated carbocycles. The fraction of sp³-hybridized carbons (Fsp3) is 0.607. The van der Waals surface area contributed by atoms with Crippen molar-refractivity contribution >= 4 is 39.6 Å². The lowest BCUT2D eigenvalue weighted by Crippen LogP contribution is -2.55. The third-order valence-corrected chi connectivity index (χ3v) is 7.61. The van der Waals surface area contributed by atoms with E-state index in [1.807, 2.05) is 50.4 Å². The van der Waals surface area contributed by atoms with E-state index in [2.05, 4.69) is 10.6 Å². The van der Waals surface area contributed by atoms with Crippen molar-refractivity contribution in [1.82, 2.24) is 15.7 Å². The Bertz CT molecular complexity index is 1030. The second-order valence-corrected chi connectivity index (χ2v) is 11.6. The molecule has 9 heteroatoms. The van der Waals surface area contributed by atoms with Crippen LogP contribution in [0.15, 0.2) is 29.6 Å². The molecule has 1 aromatic carbocycles. The zero-order valence-corrected chi connectivity index (χ0v) is 23.3. The average Bonchev–Trinajstić information content (AvgIpc) is 3.28. The standard InChI is InChI=1S/C28H41N3O5S/c1-28(2,3)36-31(19-32)24(17-21-18-37-25-13-9-8-12-22(21)25)27(34)30-23(26(33)29-14-15-35-4)16-20-10-6-5-7-11-20/h8-9,12-13,18-20,23-24H,5-7,10-11,14-17H2,1-4H3,(H,29,33)(H,30,34)/t23-,24-/m0/s1. The summed E-state index contributed by atoms with van der Waals surface area (Å²) in [7, 11) is 1.58. The number of hydrogen-bond acceptors (Lipinski definition) is 6. The van der Waals surface area contributed by atoms with Crippen LogP contribution in [0.1, 0.15) is 64.9 Å². The van der Waals surface area contributed by atoms with Crippen LogP contribution in [0.25, 0.3) is 10.1 Å². The van der Waals surface area contributed by atoms with Crippen LogP contribution >= 0.6 is 11.3 Å². The lowest BCUT2D eigenvalue weighted by molar-refractivity contribution is -0.231. The van der Waals surface area contributed by atoms with Crippen molar-refractivity contribution in [3.63, 3.8) is 0 Å². The topological polar surface area (TPSA) is 97.0 Å². The van der Waals surface area contributed by atoms with E-state index in [-0.39, 0.29) is 12.3 Å². The predicted octanol–water partition coefficient (Wildman–Crippen LogP) is 4.22. The minimum absolute atomic E-state index is 0.231. The molecule has 0 aliphatic heterocycles. The molecular formula is C28H41N3O5S. The minimum atomic E-state index is -0.935. The summed E-state index contributed by atoms with van der Waals surface area (Å²) in [4.78, 5) is 45.0. The lowest BCUT2D eigenvalue weighted by Gasteiger charge is -2.33. The highest BCUT2D eigenvalue weighted by Crippen LogP contribution is 2.29. The summed E-state index contributed by atoms with van der Waals surface area (Å²) in [5.41, 5.74) is 0.272. The Kier molecular flexibility index (Phi) is 10.9. The van der Waals surface area contributed by atoms with Crippen LogP contribution in [0, 0.1) is 5.92 Å². The molecule has 1 aliphatic carbocycles. The maximum absolute atomic E-state index is 13.8. The van der Waals surface area contributed by atoms with E-state index < -0.39 is 23.6 Å². The number of amides is 3. The number of benzene rings is 1. The first-order valence-electron chi connectivity index (χ1n) is 13.2. The summed E-state index contributed by atoms with van der Waals surface area (Å²) < 4.78 is 6.17. The summed E-state index contributed by atoms with van der Waals surface area (Å²) in [6.07, 6.45) is 6.99. The van der Waals surface area contributed by atoms with Gasteiger partial charge in [-0.3, -0.25) is 19.2 Å². The largest absolute Gasteiger partial charge is 0.383 e. The van der Waals surface area contributed by atoms with E-state index in [0.29, 0.717) is 31.9 Å². The monoisotopic (exact) mass is 531 g/mol. The van der Waals surface area contributed by atoms with Gasteiger partial charge in [-0.25, -0.2) is 5.06 Å². The van der Waals surface area contributed by atoms with Crippen molar-refractivity contribution in [2.45, 2.75) is 83.4 Å². The van der Waals surface area contributed by atoms with Gasteiger partial charge >= 0.3 is 0 Å². The number of carbonyl (C=O) groups is 3. The van der Waals surface area contributed by atoms with E-state index >= 15 is 0 Å². The molecule has 3 amide bonds. The van der Waals surface area contributed by atoms with Crippen LogP contribution in [0.4, 0.5) is 0 Å². The van der Waals surface area contributed by atoms with Crippen LogP contribution in [0.5, 0.6) is 0 Å². The van der Waals surface area contributed by atoms with E-state index in [1.54, 1.807) is 18.4 Å². The van der Waals surface area contributed by atoms with Gasteiger partial charge in [0.1, 0.15) is 12.1 Å². The van der Waals surface area contributed by atoms with Crippen molar-refractivity contribution in [2.24, 2.45) is 5.92 Å². The van der Waals surface area contributed by atoms with Gasteiger partial charge in [0.15, 0.2) is 0 Å². The first kappa shape index (κ1) is 29.1. The fourth-order valence-corrected chi connectivity index (χ4v) is 5.80. The smallest absolute Gasteiger partial charge is 0.246 e. The third-order valence-electron chi connectivity index (χ3n) is 6.60. The SMILES string of the molecule is COCCNC(=O)[C@H](CC1CCCCC1)NC(=O)[C@H](Cc1csc2ccccc12)N(C=O)OC(C)(C)C. The van der Waals surface area contributed by atoms with Gasteiger partial charge in [-0.05, 0) is 55.5 Å². The highest BCUT2D eigenvalue weighted by molar-refractivity contribution is 7.17. The number of fused-ring (bicyclic) bond motifs is 1. The van der Waals surface area contributed by atoms with Crippen molar-refractivity contribution in [3.05, 3.63) is 35.2 Å². The third kappa shape index (κ3) is 8.79. The Morgan fingerprint density at radius 1 is 1.16 bits per heavy atom. The predicted molar refractivity (Wildman–Crippen MR) is 146 cm³/mol. The molecule has 1 aromatic heterocycles. The van der Waals surface area contributed by atoms with Crippen LogP contribution in [-0.4, -0.2) is 61.2 Å².